The molecule has 2 aliphatic heterocycles. The summed E-state index contributed by atoms with van der Waals surface area (Å²) in [5.41, 5.74) is 0.00603. The van der Waals surface area contributed by atoms with Crippen molar-refractivity contribution in [1.29, 1.82) is 0 Å². The highest BCUT2D eigenvalue weighted by molar-refractivity contribution is 5.97. The number of carbonyl (C=O) groups is 4. The summed E-state index contributed by atoms with van der Waals surface area (Å²) in [4.78, 5) is 59.8. The number of nitrogens with one attached hydrogen (secondary N) is 2. The minimum absolute atomic E-state index is 0.0245. The minimum Gasteiger partial charge on any atom is -0.354 e. The molecule has 0 bridgehead atoms. The van der Waals surface area contributed by atoms with Crippen molar-refractivity contribution in [3.63, 3.8) is 0 Å². The molecular weight excluding hydrogens is 542 g/mol. The van der Waals surface area contributed by atoms with Gasteiger partial charge in [0.1, 0.15) is 12.1 Å². The van der Waals surface area contributed by atoms with Crippen molar-refractivity contribution >= 4 is 23.6 Å². The van der Waals surface area contributed by atoms with E-state index in [9.17, 15) is 19.2 Å². The van der Waals surface area contributed by atoms with Gasteiger partial charge in [0.15, 0.2) is 0 Å². The first-order valence-electron chi connectivity index (χ1n) is 16.6. The molecule has 9 nitrogen and oxygen atoms in total. The van der Waals surface area contributed by atoms with Crippen LogP contribution in [-0.4, -0.2) is 95.2 Å². The predicted octanol–water partition coefficient (Wildman–Crippen LogP) is 4.36. The number of likely N-dealkylation sites (tertiary alicyclic amines) is 2. The minimum atomic E-state index is -0.718. The predicted molar refractivity (Wildman–Crippen MR) is 173 cm³/mol. The monoisotopic (exact) mass is 603 g/mol. The molecule has 0 radical (unpaired) electrons. The largest absolute Gasteiger partial charge is 0.354 e. The van der Waals surface area contributed by atoms with Gasteiger partial charge in [-0.15, -0.1) is 0 Å². The van der Waals surface area contributed by atoms with E-state index in [-0.39, 0.29) is 47.7 Å². The van der Waals surface area contributed by atoms with Gasteiger partial charge >= 0.3 is 0 Å². The van der Waals surface area contributed by atoms with E-state index in [1.54, 1.807) is 23.8 Å². The smallest absolute Gasteiger partial charge is 0.249 e. The fourth-order valence-corrected chi connectivity index (χ4v) is 6.28. The Bertz CT molecular complexity index is 999. The second-order valence-electron chi connectivity index (χ2n) is 14.8. The van der Waals surface area contributed by atoms with Gasteiger partial charge in [-0.2, -0.15) is 0 Å². The normalized spacial score (nSPS) is 21.7. The van der Waals surface area contributed by atoms with Gasteiger partial charge < -0.3 is 20.4 Å². The quantitative estimate of drug-likeness (QED) is 0.323. The van der Waals surface area contributed by atoms with Gasteiger partial charge in [-0.3, -0.25) is 24.1 Å². The lowest BCUT2D eigenvalue weighted by atomic mass is 9.84. The SMILES string of the molecule is C/C(=C\[C@H](C(C)C)N(C)C(=O)C(NC(=O)C1CCCCN1C(C)C)C(C)(C)C)C(=O)N1CCCC1C(=O)NCCC(C)C. The molecule has 2 N–H and O–H groups in total. The Hall–Kier alpha value is -2.42. The third-order valence-electron chi connectivity index (χ3n) is 8.98. The zero-order valence-electron chi connectivity index (χ0n) is 29.0. The number of hydrogen-bond acceptors (Lipinski definition) is 5. The van der Waals surface area contributed by atoms with Crippen molar-refractivity contribution in [3.05, 3.63) is 11.6 Å². The standard InChI is InChI=1S/C34H61N5O4/c1-22(2)17-18-35-30(40)26-16-14-20-39(26)32(42)25(7)21-28(23(3)4)37(11)33(43)29(34(8,9)10)36-31(41)27-15-12-13-19-38(27)24(5)6/h21-24,26-29H,12-20H2,1-11H3,(H,35,40)(H,36,41)/b25-21+/t26?,27?,28-,29?/m1/s1. The first-order chi connectivity index (χ1) is 20.0. The second-order valence-corrected chi connectivity index (χ2v) is 14.8. The Kier molecular flexibility index (Phi) is 13.7. The molecule has 0 aromatic rings. The van der Waals surface area contributed by atoms with Gasteiger partial charge in [0, 0.05) is 31.8 Å². The topological polar surface area (TPSA) is 102 Å². The summed E-state index contributed by atoms with van der Waals surface area (Å²) in [5, 5.41) is 6.14. The maximum Gasteiger partial charge on any atom is 0.249 e. The summed E-state index contributed by atoms with van der Waals surface area (Å²) in [6.45, 7) is 22.2. The molecule has 2 fully saturated rings. The van der Waals surface area contributed by atoms with E-state index in [0.717, 1.165) is 38.6 Å². The number of piperidine rings is 1. The second kappa shape index (κ2) is 16.1. The molecule has 0 aromatic carbocycles. The van der Waals surface area contributed by atoms with Crippen LogP contribution in [0.1, 0.15) is 108 Å². The molecule has 2 rings (SSSR count). The molecular formula is C34H61N5O4. The first-order valence-corrected chi connectivity index (χ1v) is 16.6. The van der Waals surface area contributed by atoms with Gasteiger partial charge in [0.05, 0.1) is 12.1 Å². The van der Waals surface area contributed by atoms with E-state index in [1.165, 1.54) is 0 Å². The van der Waals surface area contributed by atoms with Gasteiger partial charge in [0.2, 0.25) is 23.6 Å². The molecule has 9 heteroatoms. The summed E-state index contributed by atoms with van der Waals surface area (Å²) in [6, 6.07) is -1.54. The van der Waals surface area contributed by atoms with E-state index in [0.29, 0.717) is 31.0 Å². The van der Waals surface area contributed by atoms with Gasteiger partial charge in [-0.25, -0.2) is 0 Å². The number of carbonyl (C=O) groups excluding carboxylic acids is 4. The molecule has 43 heavy (non-hydrogen) atoms. The molecule has 0 aliphatic carbocycles. The molecule has 0 saturated carbocycles. The highest BCUT2D eigenvalue weighted by Crippen LogP contribution is 2.27. The number of amides is 4. The Morgan fingerprint density at radius 3 is 2.09 bits per heavy atom. The first kappa shape index (κ1) is 36.8. The average molecular weight is 604 g/mol. The van der Waals surface area contributed by atoms with E-state index in [2.05, 4.69) is 43.2 Å². The Balaban J connectivity index is 2.22. The van der Waals surface area contributed by atoms with Crippen LogP contribution in [-0.2, 0) is 19.2 Å². The average Bonchev–Trinajstić information content (AvgIpc) is 3.42. The highest BCUT2D eigenvalue weighted by atomic mass is 16.2. The lowest BCUT2D eigenvalue weighted by molar-refractivity contribution is -0.142. The van der Waals surface area contributed by atoms with E-state index in [1.807, 2.05) is 40.7 Å². The maximum atomic E-state index is 14.1. The third kappa shape index (κ3) is 10.0. The van der Waals surface area contributed by atoms with Crippen molar-refractivity contribution in [2.24, 2.45) is 17.3 Å². The highest BCUT2D eigenvalue weighted by Gasteiger charge is 2.40. The van der Waals surface area contributed by atoms with Gasteiger partial charge in [-0.1, -0.05) is 61.0 Å². The fourth-order valence-electron chi connectivity index (χ4n) is 6.28. The zero-order chi connectivity index (χ0) is 32.6. The van der Waals surface area contributed by atoms with Crippen LogP contribution in [0.15, 0.2) is 11.6 Å². The van der Waals surface area contributed by atoms with Crippen LogP contribution in [0.3, 0.4) is 0 Å². The molecule has 0 aromatic heterocycles. The van der Waals surface area contributed by atoms with Crippen LogP contribution >= 0.6 is 0 Å². The summed E-state index contributed by atoms with van der Waals surface area (Å²) < 4.78 is 0. The van der Waals surface area contributed by atoms with Crippen LogP contribution < -0.4 is 10.6 Å². The van der Waals surface area contributed by atoms with E-state index in [4.69, 9.17) is 0 Å². The molecule has 2 heterocycles. The Morgan fingerprint density at radius 2 is 1.53 bits per heavy atom. The third-order valence-corrected chi connectivity index (χ3v) is 8.98. The molecule has 0 spiro atoms. The van der Waals surface area contributed by atoms with Crippen molar-refractivity contribution in [1.82, 2.24) is 25.3 Å². The summed E-state index contributed by atoms with van der Waals surface area (Å²) in [5.74, 6) is -0.00923. The van der Waals surface area contributed by atoms with E-state index < -0.39 is 17.5 Å². The van der Waals surface area contributed by atoms with Gasteiger partial charge in [-0.05, 0) is 76.7 Å². The Morgan fingerprint density at radius 1 is 0.907 bits per heavy atom. The van der Waals surface area contributed by atoms with Gasteiger partial charge in [0.25, 0.3) is 0 Å². The molecule has 2 aliphatic rings. The number of likely N-dealkylation sites (N-methyl/N-ethyl adjacent to an activating group) is 1. The van der Waals surface area contributed by atoms with Crippen LogP contribution in [0.5, 0.6) is 0 Å². The molecule has 3 unspecified atom stereocenters. The molecule has 246 valence electrons. The molecule has 4 amide bonds. The molecule has 4 atom stereocenters. The Labute approximate surface area is 261 Å². The van der Waals surface area contributed by atoms with Crippen molar-refractivity contribution in [2.45, 2.75) is 138 Å². The van der Waals surface area contributed by atoms with Crippen LogP contribution in [0.4, 0.5) is 0 Å². The summed E-state index contributed by atoms with van der Waals surface area (Å²) in [6.07, 6.45) is 7.07. The van der Waals surface area contributed by atoms with Crippen LogP contribution in [0, 0.1) is 17.3 Å². The lowest BCUT2D eigenvalue weighted by Crippen LogP contribution is -2.60. The van der Waals surface area contributed by atoms with Crippen molar-refractivity contribution in [2.75, 3.05) is 26.7 Å². The van der Waals surface area contributed by atoms with E-state index >= 15 is 0 Å². The lowest BCUT2D eigenvalue weighted by Gasteiger charge is -2.41. The van der Waals surface area contributed by atoms with Crippen LogP contribution in [0.2, 0.25) is 0 Å². The number of hydrogen-bond donors (Lipinski definition) is 2. The molecule has 2 saturated heterocycles. The number of rotatable bonds is 12. The zero-order valence-corrected chi connectivity index (χ0v) is 29.0. The fraction of sp³-hybridized carbons (Fsp3) is 0.824. The van der Waals surface area contributed by atoms with Crippen molar-refractivity contribution in [3.8, 4) is 0 Å². The summed E-state index contributed by atoms with van der Waals surface area (Å²) in [7, 11) is 1.76. The summed E-state index contributed by atoms with van der Waals surface area (Å²) >= 11 is 0. The number of nitrogens with zero attached hydrogens (tertiary/aromatic N) is 3. The van der Waals surface area contributed by atoms with Crippen molar-refractivity contribution < 1.29 is 19.2 Å². The van der Waals surface area contributed by atoms with Crippen LogP contribution in [0.25, 0.3) is 0 Å². The maximum absolute atomic E-state index is 14.1.